The maximum absolute atomic E-state index is 2.69. The van der Waals surface area contributed by atoms with E-state index in [-0.39, 0.29) is 28.4 Å². The van der Waals surface area contributed by atoms with Gasteiger partial charge in [-0.3, -0.25) is 0 Å². The smallest absolute Gasteiger partial charge is 0.260 e. The van der Waals surface area contributed by atoms with Crippen LogP contribution in [0.5, 0.6) is 0 Å². The first-order valence-corrected chi connectivity index (χ1v) is 25.2. The zero-order valence-corrected chi connectivity index (χ0v) is 40.0. The first-order chi connectivity index (χ1) is 30.7. The van der Waals surface area contributed by atoms with Gasteiger partial charge in [-0.2, -0.15) is 0 Å². The van der Waals surface area contributed by atoms with E-state index in [0.717, 1.165) is 0 Å². The highest BCUT2D eigenvalue weighted by Crippen LogP contribution is 2.55. The van der Waals surface area contributed by atoms with Gasteiger partial charge in [0.1, 0.15) is 0 Å². The number of rotatable bonds is 3. The minimum Gasteiger partial charge on any atom is -0.311 e. The summed E-state index contributed by atoms with van der Waals surface area (Å²) in [6.45, 7) is 19.9. The molecule has 0 amide bonds. The van der Waals surface area contributed by atoms with Gasteiger partial charge in [0.05, 0.1) is 5.69 Å². The maximum atomic E-state index is 2.69. The Bertz CT molecular complexity index is 3470. The SMILES string of the molecule is CC1(C)CCC(C)(C)c2cc(N3c4ccccc4B4c5sc6cc7c(cc6c5-c5cc(-c6ccc8sc9ccccc9c8c6)cc3c54)C(C)(C)CCC7(C)C)c(-c3ccccc3)cc21. The largest absolute Gasteiger partial charge is 0.311 e. The van der Waals surface area contributed by atoms with Crippen LogP contribution < -0.4 is 20.6 Å². The summed E-state index contributed by atoms with van der Waals surface area (Å²) in [4.78, 5) is 2.69. The van der Waals surface area contributed by atoms with Crippen molar-refractivity contribution >= 4 is 92.4 Å². The third-order valence-corrected chi connectivity index (χ3v) is 18.8. The van der Waals surface area contributed by atoms with Crippen molar-refractivity contribution < 1.29 is 0 Å². The van der Waals surface area contributed by atoms with Crippen LogP contribution in [0.15, 0.2) is 133 Å². The molecule has 0 unspecified atom stereocenters. The molecule has 4 heteroatoms. The standard InChI is InChI=1S/C60H54BNS2/c1-57(2)24-26-59(5,6)45-33-49(39(31-43(45)57)35-16-10-9-11-17-35)62-48-20-14-13-19-47(48)61-55-42(54-41-32-44-46(34-53(41)64-56(54)61)60(7,8)27-25-58(44,3)4)29-37(30-50(55)62)36-22-23-52-40(28-36)38-18-12-15-21-51(38)63-52/h9-23,28-34H,24-27H2,1-8H3. The van der Waals surface area contributed by atoms with Crippen LogP contribution in [0.4, 0.5) is 17.1 Å². The quantitative estimate of drug-likeness (QED) is 0.160. The van der Waals surface area contributed by atoms with Crippen molar-refractivity contribution in [1.29, 1.82) is 0 Å². The van der Waals surface area contributed by atoms with E-state index in [9.17, 15) is 0 Å². The van der Waals surface area contributed by atoms with Gasteiger partial charge in [0.15, 0.2) is 0 Å². The average molecular weight is 864 g/mol. The molecule has 4 heterocycles. The minimum atomic E-state index is 0.0553. The van der Waals surface area contributed by atoms with E-state index in [0.29, 0.717) is 0 Å². The van der Waals surface area contributed by atoms with Crippen molar-refractivity contribution in [2.75, 3.05) is 4.90 Å². The Hall–Kier alpha value is -5.42. The molecule has 314 valence electrons. The summed E-state index contributed by atoms with van der Waals surface area (Å²) in [6, 6.07) is 52.4. The highest BCUT2D eigenvalue weighted by Gasteiger charge is 2.47. The van der Waals surface area contributed by atoms with Crippen molar-refractivity contribution in [3.05, 3.63) is 156 Å². The minimum absolute atomic E-state index is 0.0553. The fraction of sp³-hybridized carbons (Fsp3) is 0.267. The highest BCUT2D eigenvalue weighted by molar-refractivity contribution is 7.34. The summed E-state index contributed by atoms with van der Waals surface area (Å²) < 4.78 is 5.63. The molecule has 0 atom stereocenters. The van der Waals surface area contributed by atoms with Gasteiger partial charge in [-0.25, -0.2) is 0 Å². The topological polar surface area (TPSA) is 3.24 Å². The molecule has 2 aliphatic heterocycles. The lowest BCUT2D eigenvalue weighted by atomic mass is 9.39. The van der Waals surface area contributed by atoms with Crippen LogP contribution in [0.1, 0.15) is 103 Å². The Morgan fingerprint density at radius 1 is 0.422 bits per heavy atom. The lowest BCUT2D eigenvalue weighted by Crippen LogP contribution is -2.54. The summed E-state index contributed by atoms with van der Waals surface area (Å²) in [7, 11) is 0. The predicted octanol–water partition coefficient (Wildman–Crippen LogP) is 15.6. The molecule has 0 saturated heterocycles. The Morgan fingerprint density at radius 2 is 1.05 bits per heavy atom. The number of para-hydroxylation sites is 1. The predicted molar refractivity (Wildman–Crippen MR) is 281 cm³/mol. The van der Waals surface area contributed by atoms with Crippen LogP contribution in [0.2, 0.25) is 0 Å². The van der Waals surface area contributed by atoms with E-state index < -0.39 is 0 Å². The molecule has 0 N–H and O–H groups in total. The molecule has 2 aromatic heterocycles. The summed E-state index contributed by atoms with van der Waals surface area (Å²) in [6.07, 6.45) is 4.78. The fourth-order valence-corrected chi connectivity index (χ4v) is 14.9. The van der Waals surface area contributed by atoms with Crippen molar-refractivity contribution in [2.24, 2.45) is 0 Å². The molecule has 0 fully saturated rings. The zero-order chi connectivity index (χ0) is 43.7. The summed E-state index contributed by atoms with van der Waals surface area (Å²) >= 11 is 3.96. The Labute approximate surface area is 386 Å². The molecular formula is C60H54BNS2. The Morgan fingerprint density at radius 3 is 1.80 bits per heavy atom. The van der Waals surface area contributed by atoms with Crippen molar-refractivity contribution in [3.8, 4) is 33.4 Å². The molecule has 13 rings (SSSR count). The van der Waals surface area contributed by atoms with Gasteiger partial charge in [0.2, 0.25) is 0 Å². The van der Waals surface area contributed by atoms with E-state index in [2.05, 4.69) is 205 Å². The van der Waals surface area contributed by atoms with Gasteiger partial charge in [0.25, 0.3) is 6.71 Å². The first kappa shape index (κ1) is 39.0. The van der Waals surface area contributed by atoms with E-state index in [1.54, 1.807) is 5.56 Å². The van der Waals surface area contributed by atoms with Gasteiger partial charge in [-0.1, -0.05) is 128 Å². The highest BCUT2D eigenvalue weighted by atomic mass is 32.1. The van der Waals surface area contributed by atoms with Crippen LogP contribution in [-0.2, 0) is 21.7 Å². The zero-order valence-electron chi connectivity index (χ0n) is 38.4. The third-order valence-electron chi connectivity index (χ3n) is 16.4. The third kappa shape index (κ3) is 5.42. The van der Waals surface area contributed by atoms with Crippen molar-refractivity contribution in [2.45, 2.75) is 103 Å². The van der Waals surface area contributed by atoms with E-state index >= 15 is 0 Å². The maximum Gasteiger partial charge on any atom is 0.260 e. The molecule has 4 aliphatic rings. The molecule has 0 saturated carbocycles. The van der Waals surface area contributed by atoms with Crippen molar-refractivity contribution in [3.63, 3.8) is 0 Å². The van der Waals surface area contributed by atoms with E-state index in [1.807, 2.05) is 11.3 Å². The van der Waals surface area contributed by atoms with E-state index in [4.69, 9.17) is 0 Å². The molecule has 64 heavy (non-hydrogen) atoms. The van der Waals surface area contributed by atoms with Gasteiger partial charge in [0, 0.05) is 47.2 Å². The molecule has 0 bridgehead atoms. The average Bonchev–Trinajstić information content (AvgIpc) is 3.96. The van der Waals surface area contributed by atoms with E-state index in [1.165, 1.54) is 139 Å². The molecule has 9 aromatic rings. The number of hydrogen-bond donors (Lipinski definition) is 0. The number of nitrogens with zero attached hydrogens (tertiary/aromatic N) is 1. The molecule has 0 radical (unpaired) electrons. The van der Waals surface area contributed by atoms with Gasteiger partial charge < -0.3 is 4.90 Å². The summed E-state index contributed by atoms with van der Waals surface area (Å²) in [5, 5.41) is 4.12. The first-order valence-electron chi connectivity index (χ1n) is 23.5. The van der Waals surface area contributed by atoms with Gasteiger partial charge >= 0.3 is 0 Å². The van der Waals surface area contributed by atoms with Crippen molar-refractivity contribution in [1.82, 2.24) is 0 Å². The number of hydrogen-bond acceptors (Lipinski definition) is 3. The lowest BCUT2D eigenvalue weighted by Gasteiger charge is -2.44. The van der Waals surface area contributed by atoms with Crippen LogP contribution in [-0.4, -0.2) is 6.71 Å². The lowest BCUT2D eigenvalue weighted by molar-refractivity contribution is 0.332. The van der Waals surface area contributed by atoms with Crippen LogP contribution in [0.3, 0.4) is 0 Å². The number of fused-ring (bicyclic) bond motifs is 12. The summed E-state index contributed by atoms with van der Waals surface area (Å²) in [5.74, 6) is 0. The van der Waals surface area contributed by atoms with Gasteiger partial charge in [-0.15, -0.1) is 22.7 Å². The number of benzene rings is 7. The fourth-order valence-electron chi connectivity index (χ4n) is 12.5. The number of anilines is 3. The molecule has 0 spiro atoms. The molecular weight excluding hydrogens is 810 g/mol. The number of thiophene rings is 2. The molecule has 7 aromatic carbocycles. The Kier molecular flexibility index (Phi) is 7.99. The normalized spacial score (nSPS) is 18.2. The monoisotopic (exact) mass is 863 g/mol. The molecule has 1 nitrogen and oxygen atoms in total. The van der Waals surface area contributed by atoms with Gasteiger partial charge in [-0.05, 0) is 174 Å². The summed E-state index contributed by atoms with van der Waals surface area (Å²) in [5.41, 5.74) is 21.2. The van der Waals surface area contributed by atoms with Crippen LogP contribution in [0.25, 0.3) is 63.6 Å². The second kappa shape index (κ2) is 13.1. The van der Waals surface area contributed by atoms with Crippen LogP contribution >= 0.6 is 22.7 Å². The van der Waals surface area contributed by atoms with Crippen LogP contribution in [0, 0.1) is 0 Å². The molecule has 2 aliphatic carbocycles. The second-order valence-electron chi connectivity index (χ2n) is 22.1. The Balaban J connectivity index is 1.14. The second-order valence-corrected chi connectivity index (χ2v) is 24.3.